The molecule has 0 radical (unpaired) electrons. The molecule has 2 aromatic carbocycles. The molecule has 25 heavy (non-hydrogen) atoms. The molecule has 0 spiro atoms. The molecule has 0 aliphatic carbocycles. The molecule has 3 aromatic rings. The average molecular weight is 417 g/mol. The van der Waals surface area contributed by atoms with Gasteiger partial charge in [-0.3, -0.25) is 9.48 Å². The van der Waals surface area contributed by atoms with Crippen LogP contribution in [0.25, 0.3) is 10.9 Å². The zero-order valence-electron chi connectivity index (χ0n) is 13.1. The Kier molecular flexibility index (Phi) is 5.44. The second-order valence-corrected chi connectivity index (χ2v) is 7.07. The molecular weight excluding hydrogens is 404 g/mol. The van der Waals surface area contributed by atoms with Gasteiger partial charge in [0.2, 0.25) is 0 Å². The Hall–Kier alpha value is -1.46. The first-order valence-corrected chi connectivity index (χ1v) is 8.99. The van der Waals surface area contributed by atoms with Gasteiger partial charge in [-0.1, -0.05) is 52.5 Å². The summed E-state index contributed by atoms with van der Waals surface area (Å²) < 4.78 is 1.65. The summed E-state index contributed by atoms with van der Waals surface area (Å²) >= 11 is 24.7. The minimum absolute atomic E-state index is 0.270. The van der Waals surface area contributed by atoms with Crippen LogP contribution in [0.1, 0.15) is 23.0 Å². The highest BCUT2D eigenvalue weighted by molar-refractivity contribution is 6.39. The van der Waals surface area contributed by atoms with Crippen molar-refractivity contribution in [3.63, 3.8) is 0 Å². The fourth-order valence-corrected chi connectivity index (χ4v) is 3.63. The summed E-state index contributed by atoms with van der Waals surface area (Å²) in [5.74, 6) is -0.285. The molecule has 0 unspecified atom stereocenters. The van der Waals surface area contributed by atoms with Gasteiger partial charge in [-0.05, 0) is 36.8 Å². The molecule has 0 bridgehead atoms. The van der Waals surface area contributed by atoms with Gasteiger partial charge in [-0.2, -0.15) is 5.10 Å². The molecule has 0 aliphatic heterocycles. The first-order valence-electron chi connectivity index (χ1n) is 7.48. The smallest absolute Gasteiger partial charge is 0.272 e. The van der Waals surface area contributed by atoms with Gasteiger partial charge in [0.1, 0.15) is 0 Å². The van der Waals surface area contributed by atoms with Crippen molar-refractivity contribution in [2.45, 2.75) is 13.5 Å². The molecule has 1 aromatic heterocycles. The summed E-state index contributed by atoms with van der Waals surface area (Å²) in [5, 5.41) is 9.69. The molecule has 1 heterocycles. The molecule has 0 saturated carbocycles. The number of benzene rings is 2. The lowest BCUT2D eigenvalue weighted by atomic mass is 10.2. The van der Waals surface area contributed by atoms with Crippen LogP contribution >= 0.6 is 46.4 Å². The highest BCUT2D eigenvalue weighted by Gasteiger charge is 2.20. The summed E-state index contributed by atoms with van der Waals surface area (Å²) in [6.07, 6.45) is 0. The van der Waals surface area contributed by atoms with Crippen molar-refractivity contribution < 1.29 is 4.79 Å². The Bertz CT molecular complexity index is 968. The van der Waals surface area contributed by atoms with Crippen molar-refractivity contribution in [3.05, 3.63) is 61.7 Å². The predicted molar refractivity (Wildman–Crippen MR) is 103 cm³/mol. The van der Waals surface area contributed by atoms with E-state index in [0.29, 0.717) is 44.1 Å². The van der Waals surface area contributed by atoms with E-state index >= 15 is 0 Å². The zero-order chi connectivity index (χ0) is 18.1. The molecule has 0 fully saturated rings. The summed E-state index contributed by atoms with van der Waals surface area (Å²) in [5.41, 5.74) is 1.70. The fourth-order valence-electron chi connectivity index (χ4n) is 2.57. The molecular formula is C17H13Cl4N3O. The highest BCUT2D eigenvalue weighted by Crippen LogP contribution is 2.31. The van der Waals surface area contributed by atoms with Crippen LogP contribution in [0.5, 0.6) is 0 Å². The normalized spacial score (nSPS) is 11.1. The van der Waals surface area contributed by atoms with Crippen molar-refractivity contribution in [1.82, 2.24) is 15.1 Å². The number of carbonyl (C=O) groups is 1. The second kappa shape index (κ2) is 7.42. The van der Waals surface area contributed by atoms with E-state index in [1.165, 1.54) is 0 Å². The SMILES string of the molecule is CCNC(=O)c1nn(Cc2ccc(Cl)cc2Cl)c2c(Cl)cc(Cl)cc12. The van der Waals surface area contributed by atoms with Crippen LogP contribution in [0, 0.1) is 0 Å². The van der Waals surface area contributed by atoms with Crippen LogP contribution in [-0.2, 0) is 6.54 Å². The zero-order valence-corrected chi connectivity index (χ0v) is 16.1. The van der Waals surface area contributed by atoms with E-state index in [2.05, 4.69) is 10.4 Å². The number of carbonyl (C=O) groups excluding carboxylic acids is 1. The van der Waals surface area contributed by atoms with Crippen molar-refractivity contribution >= 4 is 63.2 Å². The van der Waals surface area contributed by atoms with Gasteiger partial charge in [-0.25, -0.2) is 0 Å². The Labute approximate surface area is 164 Å². The largest absolute Gasteiger partial charge is 0.351 e. The van der Waals surface area contributed by atoms with Gasteiger partial charge in [0.25, 0.3) is 5.91 Å². The molecule has 8 heteroatoms. The summed E-state index contributed by atoms with van der Waals surface area (Å²) in [4.78, 5) is 12.3. The number of rotatable bonds is 4. The monoisotopic (exact) mass is 415 g/mol. The number of halogens is 4. The predicted octanol–water partition coefficient (Wildman–Crippen LogP) is 5.45. The van der Waals surface area contributed by atoms with Crippen LogP contribution in [-0.4, -0.2) is 22.2 Å². The Balaban J connectivity index is 2.16. The van der Waals surface area contributed by atoms with E-state index in [9.17, 15) is 4.79 Å². The topological polar surface area (TPSA) is 46.9 Å². The number of fused-ring (bicyclic) bond motifs is 1. The van der Waals surface area contributed by atoms with Crippen molar-refractivity contribution in [1.29, 1.82) is 0 Å². The van der Waals surface area contributed by atoms with E-state index in [0.717, 1.165) is 5.56 Å². The maximum absolute atomic E-state index is 12.3. The van der Waals surface area contributed by atoms with E-state index in [1.807, 2.05) is 13.0 Å². The molecule has 0 aliphatic rings. The van der Waals surface area contributed by atoms with Crippen LogP contribution in [0.2, 0.25) is 20.1 Å². The van der Waals surface area contributed by atoms with E-state index < -0.39 is 0 Å². The lowest BCUT2D eigenvalue weighted by molar-refractivity contribution is 0.0951. The molecule has 1 amide bonds. The maximum atomic E-state index is 12.3. The second-order valence-electron chi connectivity index (χ2n) is 5.39. The fraction of sp³-hybridized carbons (Fsp3) is 0.176. The Morgan fingerprint density at radius 1 is 1.08 bits per heavy atom. The Morgan fingerprint density at radius 2 is 1.80 bits per heavy atom. The number of hydrogen-bond donors (Lipinski definition) is 1. The van der Waals surface area contributed by atoms with Gasteiger partial charge in [0, 0.05) is 27.0 Å². The standard InChI is InChI=1S/C17H13Cl4N3O/c1-2-22-17(25)15-12-5-11(19)7-14(21)16(12)24(23-15)8-9-3-4-10(18)6-13(9)20/h3-7H,2,8H2,1H3,(H,22,25). The van der Waals surface area contributed by atoms with Crippen LogP contribution in [0.3, 0.4) is 0 Å². The third-order valence-corrected chi connectivity index (χ3v) is 4.74. The molecule has 3 rings (SSSR count). The van der Waals surface area contributed by atoms with Gasteiger partial charge in [0.05, 0.1) is 17.1 Å². The molecule has 1 N–H and O–H groups in total. The minimum Gasteiger partial charge on any atom is -0.351 e. The minimum atomic E-state index is -0.285. The van der Waals surface area contributed by atoms with Gasteiger partial charge in [0.15, 0.2) is 5.69 Å². The number of aromatic nitrogens is 2. The van der Waals surface area contributed by atoms with Crippen LogP contribution in [0.15, 0.2) is 30.3 Å². The van der Waals surface area contributed by atoms with Gasteiger partial charge in [-0.15, -0.1) is 0 Å². The number of hydrogen-bond acceptors (Lipinski definition) is 2. The van der Waals surface area contributed by atoms with Crippen molar-refractivity contribution in [2.24, 2.45) is 0 Å². The summed E-state index contributed by atoms with van der Waals surface area (Å²) in [6.45, 7) is 2.67. The first kappa shape index (κ1) is 18.3. The van der Waals surface area contributed by atoms with E-state index in [1.54, 1.807) is 28.9 Å². The molecule has 4 nitrogen and oxygen atoms in total. The molecule has 130 valence electrons. The van der Waals surface area contributed by atoms with Gasteiger partial charge < -0.3 is 5.32 Å². The number of nitrogens with zero attached hydrogens (tertiary/aromatic N) is 2. The number of amides is 1. The third kappa shape index (κ3) is 3.72. The quantitative estimate of drug-likeness (QED) is 0.614. The number of nitrogens with one attached hydrogen (secondary N) is 1. The Morgan fingerprint density at radius 3 is 2.48 bits per heavy atom. The lowest BCUT2D eigenvalue weighted by Gasteiger charge is -2.07. The molecule has 0 atom stereocenters. The summed E-state index contributed by atoms with van der Waals surface area (Å²) in [7, 11) is 0. The summed E-state index contributed by atoms with van der Waals surface area (Å²) in [6, 6.07) is 8.52. The average Bonchev–Trinajstić information content (AvgIpc) is 2.89. The van der Waals surface area contributed by atoms with Crippen molar-refractivity contribution in [3.8, 4) is 0 Å². The van der Waals surface area contributed by atoms with Crippen molar-refractivity contribution in [2.75, 3.05) is 6.54 Å². The third-order valence-electron chi connectivity index (χ3n) is 3.65. The van der Waals surface area contributed by atoms with E-state index in [-0.39, 0.29) is 11.6 Å². The van der Waals surface area contributed by atoms with Crippen LogP contribution in [0.4, 0.5) is 0 Å². The first-order chi connectivity index (χ1) is 11.9. The lowest BCUT2D eigenvalue weighted by Crippen LogP contribution is -2.23. The van der Waals surface area contributed by atoms with Crippen LogP contribution < -0.4 is 5.32 Å². The van der Waals surface area contributed by atoms with Gasteiger partial charge >= 0.3 is 0 Å². The van der Waals surface area contributed by atoms with E-state index in [4.69, 9.17) is 46.4 Å². The molecule has 0 saturated heterocycles. The highest BCUT2D eigenvalue weighted by atomic mass is 35.5. The maximum Gasteiger partial charge on any atom is 0.272 e.